The fourth-order valence-corrected chi connectivity index (χ4v) is 2.68. The zero-order valence-electron chi connectivity index (χ0n) is 9.89. The predicted molar refractivity (Wildman–Crippen MR) is 72.6 cm³/mol. The van der Waals surface area contributed by atoms with E-state index in [0.29, 0.717) is 0 Å². The lowest BCUT2D eigenvalue weighted by molar-refractivity contribution is 0.155. The first-order valence-electron chi connectivity index (χ1n) is 6.18. The van der Waals surface area contributed by atoms with Crippen LogP contribution in [0.25, 0.3) is 6.08 Å². The summed E-state index contributed by atoms with van der Waals surface area (Å²) in [6.07, 6.45) is 5.13. The van der Waals surface area contributed by atoms with Gasteiger partial charge in [-0.15, -0.1) is 0 Å². The minimum Gasteiger partial charge on any atom is -0.464 e. The van der Waals surface area contributed by atoms with Crippen LogP contribution in [0.1, 0.15) is 11.1 Å². The molecular weight excluding hydrogens is 222 g/mol. The lowest BCUT2D eigenvalue weighted by Gasteiger charge is -2.31. The van der Waals surface area contributed by atoms with E-state index in [1.165, 1.54) is 11.3 Å². The smallest absolute Gasteiger partial charge is 0.204 e. The van der Waals surface area contributed by atoms with Crippen LogP contribution < -0.4 is 10.1 Å². The summed E-state index contributed by atoms with van der Waals surface area (Å²) in [5.74, 6) is 0.945. The molecule has 2 aliphatic rings. The average Bonchev–Trinajstić information content (AvgIpc) is 2.76. The highest BCUT2D eigenvalue weighted by Crippen LogP contribution is 2.39. The van der Waals surface area contributed by atoms with Crippen molar-refractivity contribution in [3.05, 3.63) is 65.7 Å². The van der Waals surface area contributed by atoms with E-state index in [2.05, 4.69) is 41.7 Å². The molecule has 2 aromatic rings. The Morgan fingerprint density at radius 1 is 1.00 bits per heavy atom. The number of ether oxygens (including phenoxy) is 1. The maximum absolute atomic E-state index is 6.16. The zero-order valence-corrected chi connectivity index (χ0v) is 9.89. The second-order valence-electron chi connectivity index (χ2n) is 4.82. The lowest BCUT2D eigenvalue weighted by Crippen LogP contribution is -2.41. The molecule has 0 radical (unpaired) electrons. The van der Waals surface area contributed by atoms with Crippen LogP contribution in [-0.2, 0) is 6.42 Å². The molecule has 2 aromatic carbocycles. The van der Waals surface area contributed by atoms with Crippen LogP contribution in [0.2, 0.25) is 0 Å². The SMILES string of the molecule is C1=C[C@]2(Cc3ccccc3N2)Oc2ccccc21. The fraction of sp³-hybridized carbons (Fsp3) is 0.125. The van der Waals surface area contributed by atoms with E-state index < -0.39 is 5.72 Å². The lowest BCUT2D eigenvalue weighted by atomic mass is 10.0. The summed E-state index contributed by atoms with van der Waals surface area (Å²) in [5, 5.41) is 3.48. The summed E-state index contributed by atoms with van der Waals surface area (Å²) in [4.78, 5) is 0. The number of nitrogens with one attached hydrogen (secondary N) is 1. The molecule has 0 amide bonds. The number of fused-ring (bicyclic) bond motifs is 2. The summed E-state index contributed by atoms with van der Waals surface area (Å²) in [5.41, 5.74) is 3.21. The molecule has 0 bridgehead atoms. The molecule has 2 heterocycles. The quantitative estimate of drug-likeness (QED) is 0.755. The summed E-state index contributed by atoms with van der Waals surface area (Å²) in [6.45, 7) is 0. The summed E-state index contributed by atoms with van der Waals surface area (Å²) >= 11 is 0. The van der Waals surface area contributed by atoms with E-state index in [9.17, 15) is 0 Å². The van der Waals surface area contributed by atoms with Crippen LogP contribution in [0.4, 0.5) is 5.69 Å². The van der Waals surface area contributed by atoms with Gasteiger partial charge < -0.3 is 10.1 Å². The molecule has 1 spiro atoms. The Balaban J connectivity index is 1.74. The molecule has 0 saturated heterocycles. The molecule has 0 fully saturated rings. The maximum Gasteiger partial charge on any atom is 0.204 e. The Bertz CT molecular complexity index is 620. The fourth-order valence-electron chi connectivity index (χ4n) is 2.68. The Morgan fingerprint density at radius 3 is 2.78 bits per heavy atom. The van der Waals surface area contributed by atoms with Gasteiger partial charge >= 0.3 is 0 Å². The van der Waals surface area contributed by atoms with E-state index in [0.717, 1.165) is 17.7 Å². The highest BCUT2D eigenvalue weighted by Gasteiger charge is 2.38. The minimum atomic E-state index is -0.405. The van der Waals surface area contributed by atoms with Gasteiger partial charge in [-0.3, -0.25) is 0 Å². The third-order valence-electron chi connectivity index (χ3n) is 3.56. The van der Waals surface area contributed by atoms with Crippen molar-refractivity contribution in [3.63, 3.8) is 0 Å². The van der Waals surface area contributed by atoms with Crippen molar-refractivity contribution in [2.75, 3.05) is 5.32 Å². The van der Waals surface area contributed by atoms with Gasteiger partial charge in [-0.25, -0.2) is 0 Å². The van der Waals surface area contributed by atoms with Crippen molar-refractivity contribution in [1.29, 1.82) is 0 Å². The second kappa shape index (κ2) is 3.39. The van der Waals surface area contributed by atoms with Gasteiger partial charge in [-0.2, -0.15) is 0 Å². The second-order valence-corrected chi connectivity index (χ2v) is 4.82. The molecular formula is C16H13NO. The van der Waals surface area contributed by atoms with Crippen molar-refractivity contribution in [1.82, 2.24) is 0 Å². The normalized spacial score (nSPS) is 23.1. The third kappa shape index (κ3) is 1.35. The van der Waals surface area contributed by atoms with E-state index in [1.807, 2.05) is 24.3 Å². The van der Waals surface area contributed by atoms with Crippen LogP contribution in [-0.4, -0.2) is 5.72 Å². The third-order valence-corrected chi connectivity index (χ3v) is 3.56. The molecule has 1 atom stereocenters. The standard InChI is InChI=1S/C16H13NO/c1-3-7-14-13(6-1)11-16(17-14)10-9-12-5-2-4-8-15(12)18-16/h1-10,17H,11H2/t16-/m1/s1. The molecule has 0 unspecified atom stereocenters. The van der Waals surface area contributed by atoms with E-state index in [4.69, 9.17) is 4.74 Å². The molecule has 2 nitrogen and oxygen atoms in total. The first-order chi connectivity index (χ1) is 8.85. The Kier molecular flexibility index (Phi) is 1.84. The van der Waals surface area contributed by atoms with Gasteiger partial charge in [-0.1, -0.05) is 36.4 Å². The van der Waals surface area contributed by atoms with Gasteiger partial charge in [-0.05, 0) is 29.8 Å². The molecule has 2 aliphatic heterocycles. The molecule has 0 saturated carbocycles. The van der Waals surface area contributed by atoms with Crippen molar-refractivity contribution in [3.8, 4) is 5.75 Å². The van der Waals surface area contributed by atoms with Crippen LogP contribution in [0.3, 0.4) is 0 Å². The largest absolute Gasteiger partial charge is 0.464 e. The summed E-state index contributed by atoms with van der Waals surface area (Å²) < 4.78 is 6.16. The number of hydrogen-bond acceptors (Lipinski definition) is 2. The van der Waals surface area contributed by atoms with Gasteiger partial charge in [0.1, 0.15) is 5.75 Å². The highest BCUT2D eigenvalue weighted by atomic mass is 16.5. The van der Waals surface area contributed by atoms with Gasteiger partial charge in [0.2, 0.25) is 5.72 Å². The first kappa shape index (κ1) is 9.77. The maximum atomic E-state index is 6.16. The monoisotopic (exact) mass is 235 g/mol. The van der Waals surface area contributed by atoms with Gasteiger partial charge in [0, 0.05) is 17.7 Å². The minimum absolute atomic E-state index is 0.405. The number of anilines is 1. The highest BCUT2D eigenvalue weighted by molar-refractivity contribution is 5.67. The van der Waals surface area contributed by atoms with E-state index in [-0.39, 0.29) is 0 Å². The van der Waals surface area contributed by atoms with Crippen LogP contribution in [0.5, 0.6) is 5.75 Å². The van der Waals surface area contributed by atoms with Crippen LogP contribution >= 0.6 is 0 Å². The Hall–Kier alpha value is -2.22. The summed E-state index contributed by atoms with van der Waals surface area (Å²) in [7, 11) is 0. The van der Waals surface area contributed by atoms with Gasteiger partial charge in [0.05, 0.1) is 0 Å². The Labute approximate surface area is 106 Å². The van der Waals surface area contributed by atoms with Crippen LogP contribution in [0, 0.1) is 0 Å². The van der Waals surface area contributed by atoms with Gasteiger partial charge in [0.25, 0.3) is 0 Å². The van der Waals surface area contributed by atoms with Crippen molar-refractivity contribution >= 4 is 11.8 Å². The molecule has 88 valence electrons. The zero-order chi connectivity index (χ0) is 12.0. The number of rotatable bonds is 0. The molecule has 0 aliphatic carbocycles. The molecule has 1 N–H and O–H groups in total. The number of hydrogen-bond donors (Lipinski definition) is 1. The molecule has 0 aromatic heterocycles. The Morgan fingerprint density at radius 2 is 1.83 bits per heavy atom. The average molecular weight is 235 g/mol. The molecule has 2 heteroatoms. The van der Waals surface area contributed by atoms with Crippen molar-refractivity contribution in [2.45, 2.75) is 12.1 Å². The van der Waals surface area contributed by atoms with E-state index >= 15 is 0 Å². The number of benzene rings is 2. The molecule has 18 heavy (non-hydrogen) atoms. The summed E-state index contributed by atoms with van der Waals surface area (Å²) in [6, 6.07) is 16.5. The van der Waals surface area contributed by atoms with Crippen LogP contribution in [0.15, 0.2) is 54.6 Å². The predicted octanol–water partition coefficient (Wildman–Crippen LogP) is 3.46. The topological polar surface area (TPSA) is 21.3 Å². The molecule has 4 rings (SSSR count). The van der Waals surface area contributed by atoms with E-state index in [1.54, 1.807) is 0 Å². The van der Waals surface area contributed by atoms with Crippen molar-refractivity contribution in [2.24, 2.45) is 0 Å². The van der Waals surface area contributed by atoms with Crippen molar-refractivity contribution < 1.29 is 4.74 Å². The van der Waals surface area contributed by atoms with Gasteiger partial charge in [0.15, 0.2) is 0 Å². The first-order valence-corrected chi connectivity index (χ1v) is 6.18. The number of para-hydroxylation sites is 2.